The first-order valence-corrected chi connectivity index (χ1v) is 15.5. The molecule has 45 heavy (non-hydrogen) atoms. The van der Waals surface area contributed by atoms with Crippen molar-refractivity contribution in [3.05, 3.63) is 60.1 Å². The summed E-state index contributed by atoms with van der Waals surface area (Å²) in [4.78, 5) is 48.1. The number of aromatic nitrogens is 2. The smallest absolute Gasteiger partial charge is 0.410 e. The lowest BCUT2D eigenvalue weighted by molar-refractivity contribution is -0.145. The van der Waals surface area contributed by atoms with Crippen molar-refractivity contribution in [3.63, 3.8) is 0 Å². The minimum atomic E-state index is -0.655. The summed E-state index contributed by atoms with van der Waals surface area (Å²) in [6, 6.07) is 8.69. The van der Waals surface area contributed by atoms with E-state index in [1.165, 1.54) is 6.20 Å². The van der Waals surface area contributed by atoms with Gasteiger partial charge in [-0.2, -0.15) is 0 Å². The van der Waals surface area contributed by atoms with E-state index in [2.05, 4.69) is 15.3 Å². The molecule has 2 aromatic rings. The van der Waals surface area contributed by atoms with Gasteiger partial charge >= 0.3 is 18.2 Å². The van der Waals surface area contributed by atoms with E-state index in [9.17, 15) is 14.4 Å². The second-order valence-electron chi connectivity index (χ2n) is 12.0. The van der Waals surface area contributed by atoms with E-state index in [-0.39, 0.29) is 44.5 Å². The molecule has 0 radical (unpaired) electrons. The van der Waals surface area contributed by atoms with Crippen molar-refractivity contribution < 1.29 is 38.1 Å². The largest absolute Gasteiger partial charge is 0.464 e. The molecular weight excluding hydrogens is 580 g/mol. The minimum absolute atomic E-state index is 0.111. The number of esters is 1. The van der Waals surface area contributed by atoms with Gasteiger partial charge in [0.1, 0.15) is 17.9 Å². The lowest BCUT2D eigenvalue weighted by Crippen LogP contribution is -2.59. The Morgan fingerprint density at radius 2 is 1.82 bits per heavy atom. The van der Waals surface area contributed by atoms with Crippen molar-refractivity contribution in [3.8, 4) is 5.88 Å². The molecule has 1 saturated heterocycles. The molecule has 2 aliphatic rings. The number of amides is 2. The maximum absolute atomic E-state index is 13.3. The van der Waals surface area contributed by atoms with Crippen LogP contribution in [0.1, 0.15) is 71.1 Å². The van der Waals surface area contributed by atoms with Crippen LogP contribution in [0.3, 0.4) is 0 Å². The van der Waals surface area contributed by atoms with E-state index in [0.717, 1.165) is 11.1 Å². The predicted molar refractivity (Wildman–Crippen MR) is 165 cm³/mol. The van der Waals surface area contributed by atoms with E-state index in [4.69, 9.17) is 23.7 Å². The van der Waals surface area contributed by atoms with Gasteiger partial charge in [-0.05, 0) is 70.9 Å². The van der Waals surface area contributed by atoms with Crippen molar-refractivity contribution in [1.29, 1.82) is 0 Å². The van der Waals surface area contributed by atoms with E-state index in [1.54, 1.807) is 18.0 Å². The van der Waals surface area contributed by atoms with E-state index in [0.29, 0.717) is 44.3 Å². The number of carbonyl (C=O) groups excluding carboxylic acids is 3. The standard InChI is InChI=1S/C33H44N4O8/c1-5-41-28(38)22-43-30-29(34-17-18-35-30)24-13-15-25(16-14-24)42-21-27-26(36-31(39)45-33(2,3)4)12-9-19-37(27)32(40)44-20-23-10-7-6-8-11-23/h6-8,10-11,13,17-18,25-27H,5,9,12,14-16,19-22H2,1-4H3,(H,36,39)/t25?,26-,27-/m0/s1. The Balaban J connectivity index is 1.40. The SMILES string of the molecule is CCOC(=O)COc1nccnc1C1=CCC(OC[C@H]2[C@@H](NC(=O)OC(C)(C)C)CCCN2C(=O)OCc2ccccc2)CC1. The zero-order chi connectivity index (χ0) is 32.2. The van der Waals surface area contributed by atoms with E-state index in [1.807, 2.05) is 57.2 Å². The van der Waals surface area contributed by atoms with Crippen LogP contribution >= 0.6 is 0 Å². The summed E-state index contributed by atoms with van der Waals surface area (Å²) in [5.74, 6) is -0.195. The van der Waals surface area contributed by atoms with Crippen molar-refractivity contribution in [2.75, 3.05) is 26.4 Å². The Morgan fingerprint density at radius 3 is 2.53 bits per heavy atom. The second kappa shape index (κ2) is 16.2. The molecule has 1 unspecified atom stereocenters. The Hall–Kier alpha value is -4.19. The molecule has 2 amide bonds. The van der Waals surface area contributed by atoms with Crippen LogP contribution in [0.25, 0.3) is 5.57 Å². The fraction of sp³-hybridized carbons (Fsp3) is 0.545. The number of hydrogen-bond acceptors (Lipinski definition) is 10. The molecule has 1 aliphatic heterocycles. The molecule has 12 nitrogen and oxygen atoms in total. The fourth-order valence-corrected chi connectivity index (χ4v) is 5.31. The van der Waals surface area contributed by atoms with Crippen LogP contribution in [0, 0.1) is 0 Å². The van der Waals surface area contributed by atoms with Gasteiger partial charge in [0, 0.05) is 18.9 Å². The summed E-state index contributed by atoms with van der Waals surface area (Å²) in [5, 5.41) is 2.97. The molecule has 3 atom stereocenters. The first kappa shape index (κ1) is 33.7. The number of allylic oxidation sites excluding steroid dienone is 1. The number of alkyl carbamates (subject to hydrolysis) is 1. The summed E-state index contributed by atoms with van der Waals surface area (Å²) in [5.41, 5.74) is 1.77. The number of nitrogens with zero attached hydrogens (tertiary/aromatic N) is 3. The van der Waals surface area contributed by atoms with Crippen LogP contribution in [0.4, 0.5) is 9.59 Å². The third-order valence-electron chi connectivity index (χ3n) is 7.39. The Kier molecular flexibility index (Phi) is 12.1. The summed E-state index contributed by atoms with van der Waals surface area (Å²) >= 11 is 0. The Bertz CT molecular complexity index is 1310. The van der Waals surface area contributed by atoms with E-state index < -0.39 is 29.8 Å². The van der Waals surface area contributed by atoms with Crippen molar-refractivity contribution in [2.45, 2.75) is 90.2 Å². The van der Waals surface area contributed by atoms with Crippen molar-refractivity contribution in [2.24, 2.45) is 0 Å². The highest BCUT2D eigenvalue weighted by Crippen LogP contribution is 2.32. The van der Waals surface area contributed by atoms with Gasteiger partial charge in [0.2, 0.25) is 5.88 Å². The van der Waals surface area contributed by atoms with Crippen molar-refractivity contribution in [1.82, 2.24) is 20.2 Å². The number of ether oxygens (including phenoxy) is 5. The summed E-state index contributed by atoms with van der Waals surface area (Å²) in [6.45, 7) is 8.04. The quantitative estimate of drug-likeness (QED) is 0.266. The third-order valence-corrected chi connectivity index (χ3v) is 7.39. The summed E-state index contributed by atoms with van der Waals surface area (Å²) in [6.07, 6.45) is 7.39. The maximum Gasteiger partial charge on any atom is 0.410 e. The van der Waals surface area contributed by atoms with Gasteiger partial charge in [-0.3, -0.25) is 0 Å². The molecule has 0 saturated carbocycles. The van der Waals surface area contributed by atoms with Crippen LogP contribution in [0.5, 0.6) is 5.88 Å². The van der Waals surface area contributed by atoms with Gasteiger partial charge in [0.15, 0.2) is 6.61 Å². The van der Waals surface area contributed by atoms with Crippen LogP contribution in [-0.2, 0) is 30.3 Å². The first-order chi connectivity index (χ1) is 21.6. The third kappa shape index (κ3) is 10.4. The number of hydrogen-bond donors (Lipinski definition) is 1. The molecule has 1 fully saturated rings. The number of rotatable bonds is 11. The van der Waals surface area contributed by atoms with Crippen LogP contribution in [0.15, 0.2) is 48.8 Å². The Labute approximate surface area is 264 Å². The van der Waals surface area contributed by atoms with Gasteiger partial charge in [0.05, 0.1) is 31.4 Å². The van der Waals surface area contributed by atoms with Gasteiger partial charge < -0.3 is 33.9 Å². The molecule has 1 N–H and O–H groups in total. The second-order valence-corrected chi connectivity index (χ2v) is 12.0. The number of piperidine rings is 1. The van der Waals surface area contributed by atoms with Gasteiger partial charge in [-0.25, -0.2) is 24.4 Å². The average Bonchev–Trinajstić information content (AvgIpc) is 3.02. The summed E-state index contributed by atoms with van der Waals surface area (Å²) in [7, 11) is 0. The molecule has 2 heterocycles. The highest BCUT2D eigenvalue weighted by atomic mass is 16.6. The molecular formula is C33H44N4O8. The topological polar surface area (TPSA) is 138 Å². The molecule has 1 aliphatic carbocycles. The zero-order valence-electron chi connectivity index (χ0n) is 26.5. The first-order valence-electron chi connectivity index (χ1n) is 15.5. The molecule has 1 aromatic heterocycles. The predicted octanol–water partition coefficient (Wildman–Crippen LogP) is 5.07. The Morgan fingerprint density at radius 1 is 1.04 bits per heavy atom. The number of likely N-dealkylation sites (tertiary alicyclic amines) is 1. The fourth-order valence-electron chi connectivity index (χ4n) is 5.31. The van der Waals surface area contributed by atoms with Gasteiger partial charge in [0.25, 0.3) is 0 Å². The number of benzene rings is 1. The molecule has 4 rings (SSSR count). The monoisotopic (exact) mass is 624 g/mol. The zero-order valence-corrected chi connectivity index (χ0v) is 26.5. The van der Waals surface area contributed by atoms with Gasteiger partial charge in [-0.1, -0.05) is 36.4 Å². The summed E-state index contributed by atoms with van der Waals surface area (Å²) < 4.78 is 28.1. The van der Waals surface area contributed by atoms with Crippen LogP contribution < -0.4 is 10.1 Å². The number of carbonyl (C=O) groups is 3. The lowest BCUT2D eigenvalue weighted by Gasteiger charge is -2.41. The lowest BCUT2D eigenvalue weighted by atomic mass is 9.94. The van der Waals surface area contributed by atoms with Crippen LogP contribution in [-0.4, -0.2) is 83.2 Å². The van der Waals surface area contributed by atoms with E-state index >= 15 is 0 Å². The van der Waals surface area contributed by atoms with Crippen molar-refractivity contribution >= 4 is 23.7 Å². The molecule has 12 heteroatoms. The highest BCUT2D eigenvalue weighted by Gasteiger charge is 2.38. The van der Waals surface area contributed by atoms with Crippen LogP contribution in [0.2, 0.25) is 0 Å². The molecule has 0 bridgehead atoms. The number of nitrogens with one attached hydrogen (secondary N) is 1. The minimum Gasteiger partial charge on any atom is -0.464 e. The maximum atomic E-state index is 13.3. The molecule has 1 aromatic carbocycles. The molecule has 0 spiro atoms. The van der Waals surface area contributed by atoms with Gasteiger partial charge in [-0.15, -0.1) is 0 Å². The molecule has 244 valence electrons. The average molecular weight is 625 g/mol. The normalized spacial score (nSPS) is 20.0. The highest BCUT2D eigenvalue weighted by molar-refractivity contribution is 5.72.